The summed E-state index contributed by atoms with van der Waals surface area (Å²) in [4.78, 5) is 16.7. The molecule has 1 saturated carbocycles. The van der Waals surface area contributed by atoms with Gasteiger partial charge in [-0.15, -0.1) is 0 Å². The van der Waals surface area contributed by atoms with Gasteiger partial charge in [-0.1, -0.05) is 30.3 Å². The van der Waals surface area contributed by atoms with Crippen LogP contribution in [0.5, 0.6) is 0 Å². The number of hydrogen-bond donors (Lipinski definition) is 1. The van der Waals surface area contributed by atoms with Crippen LogP contribution in [0.3, 0.4) is 0 Å². The number of hydrogen-bond acceptors (Lipinski definition) is 3. The van der Waals surface area contributed by atoms with Crippen LogP contribution in [0.4, 0.5) is 9.18 Å². The Morgan fingerprint density at radius 2 is 1.81 bits per heavy atom. The molecule has 3 atom stereocenters. The zero-order valence-corrected chi connectivity index (χ0v) is 18.3. The second-order valence-corrected chi connectivity index (χ2v) is 9.75. The van der Waals surface area contributed by atoms with Gasteiger partial charge in [0.15, 0.2) is 0 Å². The lowest BCUT2D eigenvalue weighted by atomic mass is 9.87. The Bertz CT molecular complexity index is 1020. The molecule has 0 bridgehead atoms. The first-order valence-electron chi connectivity index (χ1n) is 11.9. The number of nitrogens with one attached hydrogen (secondary N) is 1. The largest absolute Gasteiger partial charge is 0.368 e. The van der Waals surface area contributed by atoms with Gasteiger partial charge in [0, 0.05) is 44.7 Å². The van der Waals surface area contributed by atoms with E-state index >= 15 is 0 Å². The number of piperazine rings is 1. The monoisotopic (exact) mass is 435 g/mol. The van der Waals surface area contributed by atoms with Crippen molar-refractivity contribution >= 4 is 6.03 Å². The number of benzene rings is 2. The molecule has 2 saturated heterocycles. The number of carbonyl (C=O) groups excluding carboxylic acids is 1. The van der Waals surface area contributed by atoms with Gasteiger partial charge in [0.2, 0.25) is 0 Å². The molecule has 0 radical (unpaired) electrons. The molecule has 3 unspecified atom stereocenters. The van der Waals surface area contributed by atoms with Crippen LogP contribution < -0.4 is 5.32 Å². The summed E-state index contributed by atoms with van der Waals surface area (Å²) < 4.78 is 20.8. The first-order valence-corrected chi connectivity index (χ1v) is 11.9. The first kappa shape index (κ1) is 20.2. The third-order valence-electron chi connectivity index (χ3n) is 7.50. The molecule has 1 N–H and O–H groups in total. The molecule has 2 aromatic carbocycles. The van der Waals surface area contributed by atoms with Gasteiger partial charge in [0.1, 0.15) is 5.82 Å². The molecular weight excluding hydrogens is 405 g/mol. The van der Waals surface area contributed by atoms with Crippen LogP contribution in [0, 0.1) is 5.82 Å². The minimum absolute atomic E-state index is 0.0850. The van der Waals surface area contributed by atoms with Crippen molar-refractivity contribution < 1.29 is 13.9 Å². The summed E-state index contributed by atoms with van der Waals surface area (Å²) in [5.74, 6) is 0.0611. The second kappa shape index (κ2) is 8.16. The molecule has 3 fully saturated rings. The molecule has 2 aliphatic carbocycles. The standard InChI is InChI=1S/C26H30FN3O2/c27-19-6-5-18-13-17-3-1-2-4-22(17)24-15-21(32-25(24)23(18)14-19)16-29-9-11-30(12-10-29)26(31)28-20-7-8-20/h1-6,14,20-21,24-25H,7-13,15-16H2,(H,28,31). The van der Waals surface area contributed by atoms with E-state index in [-0.39, 0.29) is 30.0 Å². The highest BCUT2D eigenvalue weighted by Gasteiger charge is 2.41. The van der Waals surface area contributed by atoms with Crippen LogP contribution >= 0.6 is 0 Å². The highest BCUT2D eigenvalue weighted by atomic mass is 19.1. The average Bonchev–Trinajstić information content (AvgIpc) is 3.54. The molecule has 6 heteroatoms. The summed E-state index contributed by atoms with van der Waals surface area (Å²) in [6.45, 7) is 4.12. The quantitative estimate of drug-likeness (QED) is 0.797. The van der Waals surface area contributed by atoms with Crippen molar-refractivity contribution in [1.29, 1.82) is 0 Å². The van der Waals surface area contributed by atoms with Gasteiger partial charge in [0.25, 0.3) is 0 Å². The van der Waals surface area contributed by atoms with E-state index in [0.29, 0.717) is 6.04 Å². The molecular formula is C26H30FN3O2. The maximum Gasteiger partial charge on any atom is 0.317 e. The Kier molecular flexibility index (Phi) is 5.15. The van der Waals surface area contributed by atoms with Crippen molar-refractivity contribution in [2.45, 2.75) is 49.9 Å². The fourth-order valence-electron chi connectivity index (χ4n) is 5.63. The van der Waals surface area contributed by atoms with Crippen LogP contribution in [-0.2, 0) is 11.2 Å². The van der Waals surface area contributed by atoms with Gasteiger partial charge in [0.05, 0.1) is 12.2 Å². The Balaban J connectivity index is 1.16. The van der Waals surface area contributed by atoms with E-state index in [1.165, 1.54) is 16.7 Å². The minimum atomic E-state index is -0.193. The lowest BCUT2D eigenvalue weighted by molar-refractivity contribution is 0.0117. The molecule has 32 heavy (non-hydrogen) atoms. The van der Waals surface area contributed by atoms with Gasteiger partial charge in [-0.05, 0) is 60.1 Å². The van der Waals surface area contributed by atoms with E-state index in [9.17, 15) is 9.18 Å². The van der Waals surface area contributed by atoms with Gasteiger partial charge < -0.3 is 15.0 Å². The smallest absolute Gasteiger partial charge is 0.317 e. The maximum absolute atomic E-state index is 14.2. The number of halogens is 1. The van der Waals surface area contributed by atoms with Crippen molar-refractivity contribution in [1.82, 2.24) is 15.1 Å². The summed E-state index contributed by atoms with van der Waals surface area (Å²) in [7, 11) is 0. The second-order valence-electron chi connectivity index (χ2n) is 9.75. The van der Waals surface area contributed by atoms with Crippen molar-refractivity contribution in [2.75, 3.05) is 32.7 Å². The first-order chi connectivity index (χ1) is 15.6. The number of amides is 2. The molecule has 0 aromatic heterocycles. The normalized spacial score (nSPS) is 27.3. The molecule has 4 aliphatic rings. The Morgan fingerprint density at radius 1 is 1.03 bits per heavy atom. The van der Waals surface area contributed by atoms with Crippen LogP contribution in [0.25, 0.3) is 0 Å². The third kappa shape index (κ3) is 3.90. The number of ether oxygens (including phenoxy) is 1. The highest BCUT2D eigenvalue weighted by molar-refractivity contribution is 5.75. The van der Waals surface area contributed by atoms with E-state index in [4.69, 9.17) is 4.74 Å². The predicted molar refractivity (Wildman–Crippen MR) is 120 cm³/mol. The predicted octanol–water partition coefficient (Wildman–Crippen LogP) is 3.83. The van der Waals surface area contributed by atoms with Gasteiger partial charge in [-0.3, -0.25) is 4.90 Å². The van der Waals surface area contributed by atoms with Gasteiger partial charge >= 0.3 is 6.03 Å². The third-order valence-corrected chi connectivity index (χ3v) is 7.50. The van der Waals surface area contributed by atoms with Crippen molar-refractivity contribution in [2.24, 2.45) is 0 Å². The van der Waals surface area contributed by atoms with Gasteiger partial charge in [-0.2, -0.15) is 0 Å². The summed E-state index contributed by atoms with van der Waals surface area (Å²) >= 11 is 0. The summed E-state index contributed by atoms with van der Waals surface area (Å²) in [5, 5.41) is 3.09. The van der Waals surface area contributed by atoms with E-state index < -0.39 is 0 Å². The Hall–Kier alpha value is -2.44. The van der Waals surface area contributed by atoms with Crippen molar-refractivity contribution in [3.05, 3.63) is 70.5 Å². The van der Waals surface area contributed by atoms with E-state index in [2.05, 4.69) is 34.5 Å². The SMILES string of the molecule is O=C(NC1CC1)N1CCN(CC2CC3c4ccccc4Cc4ccc(F)cc4C3O2)CC1. The van der Waals surface area contributed by atoms with E-state index in [0.717, 1.165) is 64.0 Å². The summed E-state index contributed by atoms with van der Waals surface area (Å²) in [6, 6.07) is 14.3. The van der Waals surface area contributed by atoms with Gasteiger partial charge in [-0.25, -0.2) is 9.18 Å². The number of rotatable bonds is 3. The van der Waals surface area contributed by atoms with Crippen LogP contribution in [0.2, 0.25) is 0 Å². The molecule has 5 nitrogen and oxygen atoms in total. The van der Waals surface area contributed by atoms with Crippen LogP contribution in [-0.4, -0.2) is 60.7 Å². The Labute approximate surface area is 188 Å². The molecule has 2 aliphatic heterocycles. The lowest BCUT2D eigenvalue weighted by Crippen LogP contribution is -2.53. The molecule has 2 heterocycles. The summed E-state index contributed by atoms with van der Waals surface area (Å²) in [5.41, 5.74) is 4.85. The fourth-order valence-corrected chi connectivity index (χ4v) is 5.63. The number of urea groups is 1. The topological polar surface area (TPSA) is 44.8 Å². The Morgan fingerprint density at radius 3 is 2.62 bits per heavy atom. The van der Waals surface area contributed by atoms with Crippen LogP contribution in [0.15, 0.2) is 42.5 Å². The zero-order chi connectivity index (χ0) is 21.7. The molecule has 2 aromatic rings. The number of carbonyl (C=O) groups is 1. The molecule has 168 valence electrons. The maximum atomic E-state index is 14.2. The molecule has 2 amide bonds. The average molecular weight is 436 g/mol. The zero-order valence-electron chi connectivity index (χ0n) is 18.3. The number of nitrogens with zero attached hydrogens (tertiary/aromatic N) is 2. The highest BCUT2D eigenvalue weighted by Crippen LogP contribution is 2.49. The molecule has 0 spiro atoms. The van der Waals surface area contributed by atoms with Crippen molar-refractivity contribution in [3.8, 4) is 0 Å². The van der Waals surface area contributed by atoms with Crippen LogP contribution in [0.1, 0.15) is 53.5 Å². The van der Waals surface area contributed by atoms with E-state index in [1.54, 1.807) is 12.1 Å². The summed E-state index contributed by atoms with van der Waals surface area (Å²) in [6.07, 6.45) is 4.02. The fraction of sp³-hybridized carbons (Fsp3) is 0.500. The van der Waals surface area contributed by atoms with Crippen molar-refractivity contribution in [3.63, 3.8) is 0 Å². The minimum Gasteiger partial charge on any atom is -0.368 e. The van der Waals surface area contributed by atoms with E-state index in [1.807, 2.05) is 11.0 Å². The number of fused-ring (bicyclic) bond motifs is 5. The molecule has 6 rings (SSSR count). The lowest BCUT2D eigenvalue weighted by Gasteiger charge is -2.35.